The van der Waals surface area contributed by atoms with Gasteiger partial charge in [-0.3, -0.25) is 4.79 Å². The van der Waals surface area contributed by atoms with Crippen molar-refractivity contribution in [3.8, 4) is 0 Å². The van der Waals surface area contributed by atoms with E-state index in [9.17, 15) is 9.18 Å². The molecule has 0 saturated heterocycles. The van der Waals surface area contributed by atoms with Gasteiger partial charge in [0.1, 0.15) is 0 Å². The van der Waals surface area contributed by atoms with E-state index >= 15 is 0 Å². The summed E-state index contributed by atoms with van der Waals surface area (Å²) in [6.07, 6.45) is -1.58. The minimum atomic E-state index is -1.58. The highest BCUT2D eigenvalue weighted by Crippen LogP contribution is 2.17. The van der Waals surface area contributed by atoms with Crippen molar-refractivity contribution in [2.24, 2.45) is 0 Å². The number of Topliss-reactive ketones (excluding diaryl/α,β-unsaturated/α-hetero) is 1. The van der Waals surface area contributed by atoms with Crippen LogP contribution >= 0.6 is 11.6 Å². The molecule has 1 aromatic rings. The fourth-order valence-corrected chi connectivity index (χ4v) is 1.01. The van der Waals surface area contributed by atoms with E-state index < -0.39 is 12.0 Å². The van der Waals surface area contributed by atoms with Crippen molar-refractivity contribution in [3.05, 3.63) is 35.9 Å². The minimum absolute atomic E-state index is 0.282. The van der Waals surface area contributed by atoms with Crippen molar-refractivity contribution in [2.75, 3.05) is 5.88 Å². The van der Waals surface area contributed by atoms with Crippen LogP contribution in [0.5, 0.6) is 0 Å². The van der Waals surface area contributed by atoms with E-state index in [0.717, 1.165) is 0 Å². The van der Waals surface area contributed by atoms with Crippen LogP contribution in [0.2, 0.25) is 0 Å². The van der Waals surface area contributed by atoms with Crippen molar-refractivity contribution >= 4 is 17.4 Å². The Kier molecular flexibility index (Phi) is 3.23. The van der Waals surface area contributed by atoms with Gasteiger partial charge in [0.2, 0.25) is 0 Å². The fraction of sp³-hybridized carbons (Fsp3) is 0.222. The standard InChI is InChI=1S/C9H8ClFO/c10-6-8(12)9(11)7-4-2-1-3-5-7/h1-5,9H,6H2. The summed E-state index contributed by atoms with van der Waals surface area (Å²) in [6, 6.07) is 8.26. The maximum Gasteiger partial charge on any atom is 0.186 e. The molecule has 1 rings (SSSR count). The Morgan fingerprint density at radius 1 is 1.42 bits per heavy atom. The molecule has 0 fully saturated rings. The van der Waals surface area contributed by atoms with Crippen LogP contribution in [0.3, 0.4) is 0 Å². The molecule has 0 bridgehead atoms. The van der Waals surface area contributed by atoms with Crippen LogP contribution in [0.1, 0.15) is 11.7 Å². The Bertz CT molecular complexity index is 260. The fourth-order valence-electron chi connectivity index (χ4n) is 0.876. The number of hydrogen-bond acceptors (Lipinski definition) is 1. The number of alkyl halides is 2. The lowest BCUT2D eigenvalue weighted by atomic mass is 10.1. The van der Waals surface area contributed by atoms with Gasteiger partial charge < -0.3 is 0 Å². The van der Waals surface area contributed by atoms with Crippen molar-refractivity contribution in [3.63, 3.8) is 0 Å². The second-order valence-electron chi connectivity index (χ2n) is 2.37. The molecule has 0 saturated carbocycles. The maximum absolute atomic E-state index is 13.1. The van der Waals surface area contributed by atoms with Crippen LogP contribution in [0.25, 0.3) is 0 Å². The van der Waals surface area contributed by atoms with Crippen molar-refractivity contribution in [1.29, 1.82) is 0 Å². The highest BCUT2D eigenvalue weighted by molar-refractivity contribution is 6.28. The van der Waals surface area contributed by atoms with Gasteiger partial charge in [-0.15, -0.1) is 11.6 Å². The second kappa shape index (κ2) is 4.21. The SMILES string of the molecule is O=C(CCl)C(F)c1ccccc1. The van der Waals surface area contributed by atoms with Crippen LogP contribution in [-0.2, 0) is 4.79 Å². The number of ketones is 1. The summed E-state index contributed by atoms with van der Waals surface area (Å²) in [5.41, 5.74) is 0.364. The molecule has 64 valence electrons. The normalized spacial score (nSPS) is 12.5. The first-order chi connectivity index (χ1) is 5.75. The van der Waals surface area contributed by atoms with E-state index in [4.69, 9.17) is 11.6 Å². The van der Waals surface area contributed by atoms with Gasteiger partial charge in [-0.05, 0) is 5.56 Å². The predicted molar refractivity (Wildman–Crippen MR) is 46.0 cm³/mol. The van der Waals surface area contributed by atoms with E-state index in [1.807, 2.05) is 0 Å². The minimum Gasteiger partial charge on any atom is -0.295 e. The molecule has 0 spiro atoms. The van der Waals surface area contributed by atoms with Crippen LogP contribution in [0, 0.1) is 0 Å². The Morgan fingerprint density at radius 2 is 2.00 bits per heavy atom. The van der Waals surface area contributed by atoms with Crippen LogP contribution in [0.4, 0.5) is 4.39 Å². The highest BCUT2D eigenvalue weighted by Gasteiger charge is 2.17. The molecule has 1 unspecified atom stereocenters. The predicted octanol–water partition coefficient (Wildman–Crippen LogP) is 2.51. The molecular weight excluding hydrogens is 179 g/mol. The zero-order valence-electron chi connectivity index (χ0n) is 6.34. The van der Waals surface area contributed by atoms with E-state index in [1.54, 1.807) is 30.3 Å². The molecule has 0 radical (unpaired) electrons. The summed E-state index contributed by atoms with van der Waals surface area (Å²) < 4.78 is 13.1. The largest absolute Gasteiger partial charge is 0.295 e. The monoisotopic (exact) mass is 186 g/mol. The molecule has 0 aliphatic rings. The second-order valence-corrected chi connectivity index (χ2v) is 2.64. The third-order valence-corrected chi connectivity index (χ3v) is 1.77. The summed E-state index contributed by atoms with van der Waals surface area (Å²) in [4.78, 5) is 10.8. The van der Waals surface area contributed by atoms with Crippen molar-refractivity contribution in [2.45, 2.75) is 6.17 Å². The van der Waals surface area contributed by atoms with Gasteiger partial charge >= 0.3 is 0 Å². The van der Waals surface area contributed by atoms with Gasteiger partial charge in [-0.1, -0.05) is 30.3 Å². The van der Waals surface area contributed by atoms with Gasteiger partial charge in [0, 0.05) is 0 Å². The van der Waals surface area contributed by atoms with Gasteiger partial charge in [-0.2, -0.15) is 0 Å². The first kappa shape index (κ1) is 9.20. The molecule has 0 aliphatic carbocycles. The van der Waals surface area contributed by atoms with Gasteiger partial charge in [-0.25, -0.2) is 4.39 Å². The van der Waals surface area contributed by atoms with Crippen molar-refractivity contribution in [1.82, 2.24) is 0 Å². The average Bonchev–Trinajstić information content (AvgIpc) is 2.17. The van der Waals surface area contributed by atoms with E-state index in [-0.39, 0.29) is 5.88 Å². The number of hydrogen-bond donors (Lipinski definition) is 0. The third-order valence-electron chi connectivity index (χ3n) is 1.51. The lowest BCUT2D eigenvalue weighted by Crippen LogP contribution is -2.08. The molecule has 0 amide bonds. The highest BCUT2D eigenvalue weighted by atomic mass is 35.5. The van der Waals surface area contributed by atoms with Gasteiger partial charge in [0.05, 0.1) is 5.88 Å². The topological polar surface area (TPSA) is 17.1 Å². The Balaban J connectivity index is 2.78. The number of benzene rings is 1. The average molecular weight is 187 g/mol. The Hall–Kier alpha value is -0.890. The molecule has 1 nitrogen and oxygen atoms in total. The molecule has 1 aromatic carbocycles. The van der Waals surface area contributed by atoms with Crippen molar-refractivity contribution < 1.29 is 9.18 Å². The molecule has 0 aliphatic heterocycles. The quantitative estimate of drug-likeness (QED) is 0.663. The van der Waals surface area contributed by atoms with E-state index in [1.165, 1.54) is 0 Å². The Labute approximate surface area is 75.2 Å². The maximum atomic E-state index is 13.1. The molecule has 0 N–H and O–H groups in total. The van der Waals surface area contributed by atoms with Crippen LogP contribution in [-0.4, -0.2) is 11.7 Å². The molecule has 12 heavy (non-hydrogen) atoms. The first-order valence-electron chi connectivity index (χ1n) is 3.53. The number of carbonyl (C=O) groups excluding carboxylic acids is 1. The molecule has 1 atom stereocenters. The van der Waals surface area contributed by atoms with Crippen LogP contribution in [0.15, 0.2) is 30.3 Å². The summed E-state index contributed by atoms with van der Waals surface area (Å²) in [7, 11) is 0. The number of halogens is 2. The smallest absolute Gasteiger partial charge is 0.186 e. The lowest BCUT2D eigenvalue weighted by molar-refractivity contribution is -0.121. The van der Waals surface area contributed by atoms with E-state index in [0.29, 0.717) is 5.56 Å². The van der Waals surface area contributed by atoms with Gasteiger partial charge in [0.25, 0.3) is 0 Å². The Morgan fingerprint density at radius 3 is 2.50 bits per heavy atom. The number of carbonyl (C=O) groups is 1. The lowest BCUT2D eigenvalue weighted by Gasteiger charge is -2.03. The number of rotatable bonds is 3. The van der Waals surface area contributed by atoms with Crippen LogP contribution < -0.4 is 0 Å². The van der Waals surface area contributed by atoms with E-state index in [2.05, 4.69) is 0 Å². The zero-order chi connectivity index (χ0) is 8.97. The molecular formula is C9H8ClFO. The molecule has 0 aromatic heterocycles. The first-order valence-corrected chi connectivity index (χ1v) is 4.07. The summed E-state index contributed by atoms with van der Waals surface area (Å²) in [5.74, 6) is -0.876. The molecule has 0 heterocycles. The third kappa shape index (κ3) is 2.05. The summed E-state index contributed by atoms with van der Waals surface area (Å²) in [6.45, 7) is 0. The molecule has 3 heteroatoms. The summed E-state index contributed by atoms with van der Waals surface area (Å²) in [5, 5.41) is 0. The van der Waals surface area contributed by atoms with Gasteiger partial charge in [0.15, 0.2) is 12.0 Å². The zero-order valence-corrected chi connectivity index (χ0v) is 7.09. The summed E-state index contributed by atoms with van der Waals surface area (Å²) >= 11 is 5.21.